The summed E-state index contributed by atoms with van der Waals surface area (Å²) in [5.74, 6) is 1.35. The van der Waals surface area contributed by atoms with Gasteiger partial charge < -0.3 is 14.4 Å². The number of benzene rings is 1. The van der Waals surface area contributed by atoms with Gasteiger partial charge in [-0.15, -0.1) is 0 Å². The number of likely N-dealkylation sites (tertiary alicyclic amines) is 1. The lowest BCUT2D eigenvalue weighted by atomic mass is 9.98. The van der Waals surface area contributed by atoms with Gasteiger partial charge in [-0.2, -0.15) is 0 Å². The number of carbonyl (C=O) groups excluding carboxylic acids is 1. The van der Waals surface area contributed by atoms with Gasteiger partial charge in [0.1, 0.15) is 11.4 Å². The van der Waals surface area contributed by atoms with Crippen molar-refractivity contribution in [1.29, 1.82) is 0 Å². The fourth-order valence-electron chi connectivity index (χ4n) is 2.41. The van der Waals surface area contributed by atoms with Gasteiger partial charge >= 0.3 is 6.09 Å². The molecule has 0 spiro atoms. The molecular formula is C17H23BrINO3. The zero-order valence-corrected chi connectivity index (χ0v) is 17.5. The highest BCUT2D eigenvalue weighted by Crippen LogP contribution is 2.28. The van der Waals surface area contributed by atoms with Gasteiger partial charge in [0.2, 0.25) is 0 Å². The highest BCUT2D eigenvalue weighted by atomic mass is 127. The molecule has 1 fully saturated rings. The second kappa shape index (κ2) is 8.05. The zero-order chi connectivity index (χ0) is 17.0. The topological polar surface area (TPSA) is 38.8 Å². The van der Waals surface area contributed by atoms with Crippen molar-refractivity contribution in [1.82, 2.24) is 4.90 Å². The van der Waals surface area contributed by atoms with Crippen LogP contribution < -0.4 is 4.74 Å². The monoisotopic (exact) mass is 495 g/mol. The quantitative estimate of drug-likeness (QED) is 0.549. The number of amides is 1. The van der Waals surface area contributed by atoms with Crippen LogP contribution in [0.2, 0.25) is 0 Å². The Morgan fingerprint density at radius 2 is 2.00 bits per heavy atom. The summed E-state index contributed by atoms with van der Waals surface area (Å²) < 4.78 is 13.5. The molecule has 0 radical (unpaired) electrons. The molecule has 4 nitrogen and oxygen atoms in total. The first-order valence-corrected chi connectivity index (χ1v) is 9.67. The second-order valence-corrected chi connectivity index (χ2v) is 8.90. The van der Waals surface area contributed by atoms with Crippen LogP contribution in [-0.2, 0) is 4.74 Å². The maximum Gasteiger partial charge on any atom is 0.410 e. The Balaban J connectivity index is 1.77. The molecule has 0 saturated carbocycles. The largest absolute Gasteiger partial charge is 0.492 e. The van der Waals surface area contributed by atoms with Crippen molar-refractivity contribution in [2.24, 2.45) is 5.92 Å². The fourth-order valence-corrected chi connectivity index (χ4v) is 3.82. The van der Waals surface area contributed by atoms with Gasteiger partial charge in [-0.25, -0.2) is 4.79 Å². The van der Waals surface area contributed by atoms with Gasteiger partial charge in [0, 0.05) is 16.7 Å². The Bertz CT molecular complexity index is 551. The fraction of sp³-hybridized carbons (Fsp3) is 0.588. The molecule has 0 aliphatic carbocycles. The van der Waals surface area contributed by atoms with E-state index in [-0.39, 0.29) is 6.09 Å². The lowest BCUT2D eigenvalue weighted by molar-refractivity contribution is 0.0165. The van der Waals surface area contributed by atoms with Crippen LogP contribution in [-0.4, -0.2) is 36.3 Å². The van der Waals surface area contributed by atoms with Crippen molar-refractivity contribution in [2.75, 3.05) is 19.7 Å². The molecule has 2 rings (SSSR count). The van der Waals surface area contributed by atoms with Gasteiger partial charge in [-0.1, -0.05) is 0 Å². The van der Waals surface area contributed by atoms with Crippen LogP contribution in [0, 0.1) is 9.49 Å². The number of piperidine rings is 1. The van der Waals surface area contributed by atoms with Crippen molar-refractivity contribution < 1.29 is 14.3 Å². The summed E-state index contributed by atoms with van der Waals surface area (Å²) in [5.41, 5.74) is -0.436. The minimum atomic E-state index is -0.436. The molecule has 1 saturated heterocycles. The first-order chi connectivity index (χ1) is 10.7. The number of rotatable bonds is 3. The van der Waals surface area contributed by atoms with E-state index in [0.717, 1.165) is 36.2 Å². The van der Waals surface area contributed by atoms with E-state index in [9.17, 15) is 4.79 Å². The van der Waals surface area contributed by atoms with Crippen LogP contribution in [0.25, 0.3) is 0 Å². The summed E-state index contributed by atoms with van der Waals surface area (Å²) in [7, 11) is 0. The number of hydrogen-bond acceptors (Lipinski definition) is 3. The summed E-state index contributed by atoms with van der Waals surface area (Å²) >= 11 is 5.81. The summed E-state index contributed by atoms with van der Waals surface area (Å²) in [6, 6.07) is 6.06. The molecule has 1 heterocycles. The molecule has 0 bridgehead atoms. The number of hydrogen-bond donors (Lipinski definition) is 0. The second-order valence-electron chi connectivity index (χ2n) is 6.80. The molecule has 1 aliphatic heterocycles. The van der Waals surface area contributed by atoms with Crippen LogP contribution in [0.15, 0.2) is 22.7 Å². The summed E-state index contributed by atoms with van der Waals surface area (Å²) in [6.07, 6.45) is 1.68. The van der Waals surface area contributed by atoms with Crippen LogP contribution in [0.4, 0.5) is 4.79 Å². The SMILES string of the molecule is CC(C)(C)OC(=O)N1CCC(COc2ccc(I)cc2Br)CC1. The van der Waals surface area contributed by atoms with Gasteiger partial charge in [0.05, 0.1) is 11.1 Å². The van der Waals surface area contributed by atoms with Gasteiger partial charge in [0.15, 0.2) is 0 Å². The van der Waals surface area contributed by atoms with Crippen molar-refractivity contribution >= 4 is 44.6 Å². The molecule has 1 aromatic carbocycles. The average Bonchev–Trinajstić information content (AvgIpc) is 2.45. The van der Waals surface area contributed by atoms with E-state index >= 15 is 0 Å². The Morgan fingerprint density at radius 3 is 2.57 bits per heavy atom. The third kappa shape index (κ3) is 6.14. The van der Waals surface area contributed by atoms with Gasteiger partial charge in [0.25, 0.3) is 0 Å². The van der Waals surface area contributed by atoms with E-state index in [1.54, 1.807) is 4.90 Å². The summed E-state index contributed by atoms with van der Waals surface area (Å²) in [5, 5.41) is 0. The number of ether oxygens (including phenoxy) is 2. The lowest BCUT2D eigenvalue weighted by Crippen LogP contribution is -2.42. The Hall–Kier alpha value is -0.500. The van der Waals surface area contributed by atoms with E-state index in [1.807, 2.05) is 39.0 Å². The van der Waals surface area contributed by atoms with Crippen molar-refractivity contribution in [2.45, 2.75) is 39.2 Å². The first-order valence-electron chi connectivity index (χ1n) is 7.80. The summed E-state index contributed by atoms with van der Waals surface area (Å²) in [6.45, 7) is 7.83. The Labute approximate surface area is 160 Å². The molecule has 0 unspecified atom stereocenters. The van der Waals surface area contributed by atoms with Crippen molar-refractivity contribution in [3.8, 4) is 5.75 Å². The van der Waals surface area contributed by atoms with E-state index < -0.39 is 5.60 Å². The van der Waals surface area contributed by atoms with Crippen molar-refractivity contribution in [3.63, 3.8) is 0 Å². The predicted octanol–water partition coefficient (Wildman–Crippen LogP) is 5.08. The Morgan fingerprint density at radius 1 is 1.35 bits per heavy atom. The number of nitrogens with zero attached hydrogens (tertiary/aromatic N) is 1. The highest BCUT2D eigenvalue weighted by molar-refractivity contribution is 14.1. The van der Waals surface area contributed by atoms with Crippen LogP contribution in [0.5, 0.6) is 5.75 Å². The maximum atomic E-state index is 12.0. The summed E-state index contributed by atoms with van der Waals surface area (Å²) in [4.78, 5) is 13.8. The average molecular weight is 496 g/mol. The van der Waals surface area contributed by atoms with E-state index in [0.29, 0.717) is 12.5 Å². The van der Waals surface area contributed by atoms with Crippen molar-refractivity contribution in [3.05, 3.63) is 26.2 Å². The molecule has 6 heteroatoms. The van der Waals surface area contributed by atoms with Crippen LogP contribution >= 0.6 is 38.5 Å². The van der Waals surface area contributed by atoms with Crippen LogP contribution in [0.1, 0.15) is 33.6 Å². The molecule has 1 aromatic rings. The molecule has 1 aliphatic rings. The molecule has 128 valence electrons. The normalized spacial score (nSPS) is 16.3. The van der Waals surface area contributed by atoms with Gasteiger partial charge in [-0.3, -0.25) is 0 Å². The number of halogens is 2. The molecule has 1 amide bonds. The Kier molecular flexibility index (Phi) is 6.59. The lowest BCUT2D eigenvalue weighted by Gasteiger charge is -2.33. The minimum absolute atomic E-state index is 0.211. The molecule has 0 N–H and O–H groups in total. The van der Waals surface area contributed by atoms with E-state index in [1.165, 1.54) is 3.57 Å². The zero-order valence-electron chi connectivity index (χ0n) is 13.8. The molecule has 0 aromatic heterocycles. The highest BCUT2D eigenvalue weighted by Gasteiger charge is 2.27. The molecule has 23 heavy (non-hydrogen) atoms. The maximum absolute atomic E-state index is 12.0. The molecule has 0 atom stereocenters. The number of carbonyl (C=O) groups is 1. The molecular weight excluding hydrogens is 473 g/mol. The minimum Gasteiger partial charge on any atom is -0.492 e. The smallest absolute Gasteiger partial charge is 0.410 e. The van der Waals surface area contributed by atoms with Crippen LogP contribution in [0.3, 0.4) is 0 Å². The third-order valence-corrected chi connectivity index (χ3v) is 4.93. The van der Waals surface area contributed by atoms with Gasteiger partial charge in [-0.05, 0) is 96.3 Å². The standard InChI is InChI=1S/C17H23BrINO3/c1-17(2,3)23-16(21)20-8-6-12(7-9-20)11-22-15-5-4-13(19)10-14(15)18/h4-5,10,12H,6-9,11H2,1-3H3. The van der Waals surface area contributed by atoms with E-state index in [2.05, 4.69) is 38.5 Å². The predicted molar refractivity (Wildman–Crippen MR) is 103 cm³/mol. The van der Waals surface area contributed by atoms with E-state index in [4.69, 9.17) is 9.47 Å². The third-order valence-electron chi connectivity index (χ3n) is 3.63. The first kappa shape index (κ1) is 18.8.